The quantitative estimate of drug-likeness (QED) is 0.495. The normalized spacial score (nSPS) is 19.0. The summed E-state index contributed by atoms with van der Waals surface area (Å²) in [5.41, 5.74) is -2.47. The number of alkyl halides is 3. The molecule has 0 aliphatic carbocycles. The fourth-order valence-electron chi connectivity index (χ4n) is 5.26. The van der Waals surface area contributed by atoms with Gasteiger partial charge in [-0.1, -0.05) is 24.3 Å². The van der Waals surface area contributed by atoms with Crippen LogP contribution in [-0.2, 0) is 26.2 Å². The average Bonchev–Trinajstić information content (AvgIpc) is 3.12. The van der Waals surface area contributed by atoms with Gasteiger partial charge in [0.15, 0.2) is 0 Å². The number of nitrogens with one attached hydrogen (secondary N) is 2. The standard InChI is InChI=1S/C24H28F3N3O4S2/c1-22(2)13-16(14-23(3,4)29-22)28-35(31,32)20-15-30(36(33,34)17-9-6-5-7-10-17)19-12-8-11-18(21(19)20)24(25,26)27/h5-12,15-16,28-29H,13-14H2,1-4H3. The number of hydrogen-bond donors (Lipinski definition) is 2. The summed E-state index contributed by atoms with van der Waals surface area (Å²) in [7, 11) is -8.94. The number of piperidine rings is 1. The van der Waals surface area contributed by atoms with E-state index in [0.29, 0.717) is 16.8 Å². The Morgan fingerprint density at radius 1 is 0.917 bits per heavy atom. The molecule has 2 aromatic carbocycles. The molecule has 0 saturated carbocycles. The summed E-state index contributed by atoms with van der Waals surface area (Å²) < 4.78 is 99.1. The predicted molar refractivity (Wildman–Crippen MR) is 131 cm³/mol. The first-order chi connectivity index (χ1) is 16.4. The molecule has 3 aromatic rings. The Morgan fingerprint density at radius 3 is 2.06 bits per heavy atom. The number of aromatic nitrogens is 1. The summed E-state index contributed by atoms with van der Waals surface area (Å²) in [6.07, 6.45) is -3.36. The number of hydrogen-bond acceptors (Lipinski definition) is 5. The molecule has 0 unspecified atom stereocenters. The van der Waals surface area contributed by atoms with Gasteiger partial charge >= 0.3 is 6.18 Å². The van der Waals surface area contributed by atoms with Crippen molar-refractivity contribution in [3.63, 3.8) is 0 Å². The van der Waals surface area contributed by atoms with Crippen molar-refractivity contribution in [1.29, 1.82) is 0 Å². The van der Waals surface area contributed by atoms with Gasteiger partial charge in [0.1, 0.15) is 4.90 Å². The van der Waals surface area contributed by atoms with E-state index in [2.05, 4.69) is 10.0 Å². The van der Waals surface area contributed by atoms with E-state index >= 15 is 0 Å². The van der Waals surface area contributed by atoms with Gasteiger partial charge in [-0.25, -0.2) is 25.5 Å². The van der Waals surface area contributed by atoms with Crippen molar-refractivity contribution in [3.05, 3.63) is 60.3 Å². The molecule has 0 amide bonds. The van der Waals surface area contributed by atoms with Gasteiger partial charge in [-0.3, -0.25) is 0 Å². The van der Waals surface area contributed by atoms with E-state index in [4.69, 9.17) is 0 Å². The van der Waals surface area contributed by atoms with Gasteiger partial charge in [0.2, 0.25) is 10.0 Å². The smallest absolute Gasteiger partial charge is 0.307 e. The minimum absolute atomic E-state index is 0.182. The Hall–Kier alpha value is -2.41. The van der Waals surface area contributed by atoms with Gasteiger partial charge in [0, 0.05) is 28.7 Å². The van der Waals surface area contributed by atoms with E-state index in [9.17, 15) is 30.0 Å². The lowest BCUT2D eigenvalue weighted by atomic mass is 9.80. The Bertz CT molecular complexity index is 1500. The number of rotatable bonds is 5. The van der Waals surface area contributed by atoms with E-state index in [1.54, 1.807) is 6.07 Å². The molecule has 36 heavy (non-hydrogen) atoms. The van der Waals surface area contributed by atoms with Crippen LogP contribution >= 0.6 is 0 Å². The summed E-state index contributed by atoms with van der Waals surface area (Å²) in [4.78, 5) is -0.919. The number of halogens is 3. The first-order valence-corrected chi connectivity index (χ1v) is 14.2. The van der Waals surface area contributed by atoms with Crippen molar-refractivity contribution < 1.29 is 30.0 Å². The molecular weight excluding hydrogens is 515 g/mol. The molecule has 1 aliphatic heterocycles. The lowest BCUT2D eigenvalue weighted by Crippen LogP contribution is -2.62. The van der Waals surface area contributed by atoms with Gasteiger partial charge in [-0.2, -0.15) is 13.2 Å². The van der Waals surface area contributed by atoms with Crippen molar-refractivity contribution in [2.45, 2.75) is 73.6 Å². The van der Waals surface area contributed by atoms with E-state index in [1.165, 1.54) is 30.3 Å². The Labute approximate surface area is 208 Å². The van der Waals surface area contributed by atoms with Gasteiger partial charge in [0.25, 0.3) is 10.0 Å². The largest absolute Gasteiger partial charge is 0.417 e. The highest BCUT2D eigenvalue weighted by Crippen LogP contribution is 2.40. The summed E-state index contributed by atoms with van der Waals surface area (Å²) in [5.74, 6) is 0. The molecule has 0 atom stereocenters. The zero-order valence-electron chi connectivity index (χ0n) is 20.2. The minimum atomic E-state index is -4.91. The maximum atomic E-state index is 14.0. The van der Waals surface area contributed by atoms with Gasteiger partial charge in [0.05, 0.1) is 16.0 Å². The fraction of sp³-hybridized carbons (Fsp3) is 0.417. The molecule has 1 aliphatic rings. The number of nitrogens with zero attached hydrogens (tertiary/aromatic N) is 1. The van der Waals surface area contributed by atoms with E-state index in [0.717, 1.165) is 18.3 Å². The zero-order chi connectivity index (χ0) is 26.7. The molecule has 0 spiro atoms. The topological polar surface area (TPSA) is 97.3 Å². The van der Waals surface area contributed by atoms with Crippen molar-refractivity contribution in [2.75, 3.05) is 0 Å². The van der Waals surface area contributed by atoms with Crippen LogP contribution < -0.4 is 10.0 Å². The van der Waals surface area contributed by atoms with Gasteiger partial charge in [-0.05, 0) is 64.8 Å². The Morgan fingerprint density at radius 2 is 1.50 bits per heavy atom. The third kappa shape index (κ3) is 5.04. The van der Waals surface area contributed by atoms with Crippen LogP contribution in [0.3, 0.4) is 0 Å². The SMILES string of the molecule is CC1(C)CC(NS(=O)(=O)c2cn(S(=O)(=O)c3ccccc3)c3cccc(C(F)(F)F)c23)CC(C)(C)N1. The van der Waals surface area contributed by atoms with Crippen LogP contribution in [0.1, 0.15) is 46.1 Å². The Balaban J connectivity index is 1.92. The second-order valence-corrected chi connectivity index (χ2v) is 13.9. The molecule has 2 heterocycles. The molecule has 7 nitrogen and oxygen atoms in total. The van der Waals surface area contributed by atoms with Crippen LogP contribution in [0.15, 0.2) is 64.5 Å². The minimum Gasteiger partial charge on any atom is -0.307 e. The molecule has 196 valence electrons. The van der Waals surface area contributed by atoms with E-state index in [-0.39, 0.29) is 10.4 Å². The number of fused-ring (bicyclic) bond motifs is 1. The van der Waals surface area contributed by atoms with Crippen LogP contribution in [0, 0.1) is 0 Å². The molecule has 1 aromatic heterocycles. The van der Waals surface area contributed by atoms with Crippen molar-refractivity contribution >= 4 is 30.9 Å². The van der Waals surface area contributed by atoms with Crippen LogP contribution in [0.25, 0.3) is 10.9 Å². The predicted octanol–water partition coefficient (Wildman–Crippen LogP) is 4.48. The highest BCUT2D eigenvalue weighted by atomic mass is 32.2. The number of sulfonamides is 1. The molecule has 0 radical (unpaired) electrons. The molecule has 0 bridgehead atoms. The average molecular weight is 544 g/mol. The summed E-state index contributed by atoms with van der Waals surface area (Å²) >= 11 is 0. The zero-order valence-corrected chi connectivity index (χ0v) is 21.9. The Kier molecular flexibility index (Phi) is 6.35. The maximum absolute atomic E-state index is 14.0. The molecule has 1 saturated heterocycles. The second-order valence-electron chi connectivity index (χ2n) is 10.4. The van der Waals surface area contributed by atoms with Gasteiger partial charge < -0.3 is 5.32 Å². The first-order valence-electron chi connectivity index (χ1n) is 11.3. The third-order valence-corrected chi connectivity index (χ3v) is 9.39. The van der Waals surface area contributed by atoms with Crippen LogP contribution in [-0.4, -0.2) is 37.9 Å². The molecule has 1 fully saturated rings. The third-order valence-electron chi connectivity index (χ3n) is 6.17. The van der Waals surface area contributed by atoms with E-state index < -0.39 is 59.2 Å². The van der Waals surface area contributed by atoms with Crippen LogP contribution in [0.5, 0.6) is 0 Å². The summed E-state index contributed by atoms with van der Waals surface area (Å²) in [5, 5.41) is 2.73. The van der Waals surface area contributed by atoms with Crippen molar-refractivity contribution in [1.82, 2.24) is 14.0 Å². The van der Waals surface area contributed by atoms with Gasteiger partial charge in [-0.15, -0.1) is 0 Å². The highest BCUT2D eigenvalue weighted by molar-refractivity contribution is 7.91. The van der Waals surface area contributed by atoms with Crippen LogP contribution in [0.2, 0.25) is 0 Å². The summed E-state index contributed by atoms with van der Waals surface area (Å²) in [6.45, 7) is 7.65. The van der Waals surface area contributed by atoms with Crippen molar-refractivity contribution in [3.8, 4) is 0 Å². The lowest BCUT2D eigenvalue weighted by molar-refractivity contribution is -0.136. The molecule has 4 rings (SSSR count). The monoisotopic (exact) mass is 543 g/mol. The number of benzene rings is 2. The van der Waals surface area contributed by atoms with Crippen LogP contribution in [0.4, 0.5) is 13.2 Å². The lowest BCUT2D eigenvalue weighted by Gasteiger charge is -2.46. The maximum Gasteiger partial charge on any atom is 0.417 e. The molecule has 2 N–H and O–H groups in total. The van der Waals surface area contributed by atoms with Crippen molar-refractivity contribution in [2.24, 2.45) is 0 Å². The first kappa shape index (κ1) is 26.6. The molecular formula is C24H28F3N3O4S2. The highest BCUT2D eigenvalue weighted by Gasteiger charge is 2.41. The fourth-order valence-corrected chi connectivity index (χ4v) is 8.17. The van der Waals surface area contributed by atoms with E-state index in [1.807, 2.05) is 27.7 Å². The summed E-state index contributed by atoms with van der Waals surface area (Å²) in [6, 6.07) is 9.52. The second kappa shape index (κ2) is 8.57. The molecule has 12 heteroatoms.